The average Bonchev–Trinajstić information content (AvgIpc) is 3.06. The van der Waals surface area contributed by atoms with Crippen LogP contribution in [0.2, 0.25) is 0 Å². The molecule has 4 rings (SSSR count). The van der Waals surface area contributed by atoms with E-state index >= 15 is 0 Å². The van der Waals surface area contributed by atoms with Gasteiger partial charge >= 0.3 is 64.5 Å². The van der Waals surface area contributed by atoms with Gasteiger partial charge in [0.1, 0.15) is 6.61 Å². The van der Waals surface area contributed by atoms with Crippen LogP contribution in [0, 0.1) is 10.5 Å². The third-order valence-electron chi connectivity index (χ3n) is 5.62. The number of alkyl carbamates (subject to hydrolysis) is 1. The van der Waals surface area contributed by atoms with Gasteiger partial charge in [-0.25, -0.2) is 4.79 Å². The zero-order chi connectivity index (χ0) is 22.2. The molecule has 0 bridgehead atoms. The van der Waals surface area contributed by atoms with Gasteiger partial charge in [-0.2, -0.15) is 0 Å². The number of ether oxygens (including phenoxy) is 1. The molecule has 3 aromatic carbocycles. The van der Waals surface area contributed by atoms with Gasteiger partial charge in [0.15, 0.2) is 0 Å². The van der Waals surface area contributed by atoms with Crippen molar-refractivity contribution in [3.63, 3.8) is 0 Å². The van der Waals surface area contributed by atoms with E-state index in [1.165, 1.54) is 0 Å². The van der Waals surface area contributed by atoms with Gasteiger partial charge in [-0.1, -0.05) is 60.7 Å². The maximum Gasteiger partial charge on any atom is 1.00 e. The molecule has 0 saturated carbocycles. The maximum atomic E-state index is 13.2. The van der Waals surface area contributed by atoms with Crippen LogP contribution in [0.25, 0.3) is 11.1 Å². The fourth-order valence-electron chi connectivity index (χ4n) is 3.95. The van der Waals surface area contributed by atoms with E-state index < -0.39 is 18.5 Å². The number of carbonyl (C=O) groups excluding carboxylic acids is 1. The number of hydrogen-bond donors (Lipinski definition) is 1. The Bertz CT molecular complexity index is 1110. The second-order valence-electron chi connectivity index (χ2n) is 7.54. The molecule has 3 aromatic rings. The van der Waals surface area contributed by atoms with E-state index in [0.717, 1.165) is 34.4 Å². The number of halogens is 4. The van der Waals surface area contributed by atoms with Crippen molar-refractivity contribution in [2.24, 2.45) is 0 Å². The number of amides is 1. The number of hydrogen-bond acceptors (Lipinski definition) is 2. The van der Waals surface area contributed by atoms with E-state index in [2.05, 4.69) is 5.32 Å². The van der Waals surface area contributed by atoms with E-state index in [0.29, 0.717) is 14.7 Å². The van der Waals surface area contributed by atoms with Gasteiger partial charge in [0.25, 0.3) is 0 Å². The molecule has 1 amide bonds. The second-order valence-corrected chi connectivity index (χ2v) is 8.70. The first-order chi connectivity index (χ1) is 14.8. The van der Waals surface area contributed by atoms with Gasteiger partial charge in [0, 0.05) is 16.0 Å². The molecule has 0 aliphatic heterocycles. The molecule has 0 saturated heterocycles. The van der Waals surface area contributed by atoms with Crippen molar-refractivity contribution in [2.45, 2.75) is 19.4 Å². The van der Waals surface area contributed by atoms with E-state index in [9.17, 15) is 17.7 Å². The van der Waals surface area contributed by atoms with Crippen LogP contribution >= 0.6 is 22.6 Å². The molecule has 160 valence electrons. The summed E-state index contributed by atoms with van der Waals surface area (Å²) < 4.78 is 45.5. The molecule has 0 heterocycles. The third-order valence-corrected chi connectivity index (χ3v) is 6.74. The minimum Gasteiger partial charge on any atom is -0.449 e. The van der Waals surface area contributed by atoms with Crippen LogP contribution in [0.5, 0.6) is 0 Å². The van der Waals surface area contributed by atoms with Gasteiger partial charge in [0.05, 0.1) is 0 Å². The first-order valence-electron chi connectivity index (χ1n) is 9.83. The summed E-state index contributed by atoms with van der Waals surface area (Å²) in [4.78, 5) is 12.3. The molecule has 1 aliphatic rings. The zero-order valence-electron chi connectivity index (χ0n) is 17.7. The van der Waals surface area contributed by atoms with Crippen LogP contribution in [0.15, 0.2) is 60.7 Å². The predicted octanol–water partition coefficient (Wildman–Crippen LogP) is 2.70. The fourth-order valence-corrected chi connectivity index (χ4v) is 4.65. The van der Waals surface area contributed by atoms with Gasteiger partial charge in [-0.05, 0) is 62.9 Å². The maximum absolute atomic E-state index is 13.2. The Kier molecular flexibility index (Phi) is 8.54. The number of carbonyl (C=O) groups is 1. The number of fused-ring (bicyclic) bond motifs is 3. The molecule has 3 nitrogen and oxygen atoms in total. The summed E-state index contributed by atoms with van der Waals surface area (Å²) in [6, 6.07) is 18.2. The third kappa shape index (κ3) is 5.44. The Morgan fingerprint density at radius 3 is 2.16 bits per heavy atom. The predicted molar refractivity (Wildman–Crippen MR) is 125 cm³/mol. The minimum absolute atomic E-state index is 0. The van der Waals surface area contributed by atoms with Crippen LogP contribution in [-0.4, -0.2) is 19.7 Å². The van der Waals surface area contributed by atoms with Crippen LogP contribution in [0.1, 0.15) is 28.2 Å². The van der Waals surface area contributed by atoms with Crippen LogP contribution < -0.4 is 62.2 Å². The second kappa shape index (κ2) is 10.6. The van der Waals surface area contributed by atoms with Crippen molar-refractivity contribution in [2.75, 3.05) is 6.61 Å². The standard InChI is InChI=1S/C23H19BF3INO2.K/c1-14-15(10-16(11-22(14)28)24(25,26)27)12-29-23(30)31-13-21-19-8-4-2-6-17(19)18-7-3-5-9-20(18)21;/h2-11,21H,12-13H2,1H3,(H,29,30);/q-1;+1. The Hall–Kier alpha value is -0.849. The summed E-state index contributed by atoms with van der Waals surface area (Å²) in [5, 5.41) is 2.59. The Morgan fingerprint density at radius 1 is 1.03 bits per heavy atom. The number of rotatable bonds is 5. The van der Waals surface area contributed by atoms with Crippen LogP contribution in [0.3, 0.4) is 0 Å². The molecule has 9 heteroatoms. The Morgan fingerprint density at radius 2 is 1.59 bits per heavy atom. The van der Waals surface area contributed by atoms with Crippen molar-refractivity contribution in [3.05, 3.63) is 86.5 Å². The zero-order valence-corrected chi connectivity index (χ0v) is 23.0. The molecule has 0 radical (unpaired) electrons. The van der Waals surface area contributed by atoms with Crippen molar-refractivity contribution in [1.29, 1.82) is 0 Å². The van der Waals surface area contributed by atoms with E-state index in [1.54, 1.807) is 6.92 Å². The van der Waals surface area contributed by atoms with Crippen LogP contribution in [0.4, 0.5) is 17.7 Å². The summed E-state index contributed by atoms with van der Waals surface area (Å²) >= 11 is 1.88. The Balaban J connectivity index is 0.00000289. The molecule has 1 aliphatic carbocycles. The van der Waals surface area contributed by atoms with Gasteiger partial charge in [-0.3, -0.25) is 0 Å². The molecular weight excluding hydrogens is 556 g/mol. The molecule has 0 fully saturated rings. The number of benzene rings is 3. The summed E-state index contributed by atoms with van der Waals surface area (Å²) in [5.41, 5.74) is 4.92. The van der Waals surface area contributed by atoms with Crippen molar-refractivity contribution < 1.29 is 73.9 Å². The topological polar surface area (TPSA) is 38.3 Å². The smallest absolute Gasteiger partial charge is 0.449 e. The largest absolute Gasteiger partial charge is 1.00 e. The quantitative estimate of drug-likeness (QED) is 0.376. The van der Waals surface area contributed by atoms with E-state index in [4.69, 9.17) is 4.74 Å². The van der Waals surface area contributed by atoms with Gasteiger partial charge < -0.3 is 23.0 Å². The van der Waals surface area contributed by atoms with Crippen molar-refractivity contribution in [1.82, 2.24) is 5.32 Å². The molecule has 0 atom stereocenters. The molecule has 0 spiro atoms. The van der Waals surface area contributed by atoms with Gasteiger partial charge in [-0.15, -0.1) is 5.46 Å². The van der Waals surface area contributed by atoms with Crippen LogP contribution in [-0.2, 0) is 11.3 Å². The Labute approximate surface area is 241 Å². The van der Waals surface area contributed by atoms with Crippen molar-refractivity contribution >= 4 is 41.1 Å². The van der Waals surface area contributed by atoms with E-state index in [1.807, 2.05) is 71.1 Å². The monoisotopic (exact) mass is 575 g/mol. The van der Waals surface area contributed by atoms with Gasteiger partial charge in [0.2, 0.25) is 0 Å². The fraction of sp³-hybridized carbons (Fsp3) is 0.174. The molecule has 32 heavy (non-hydrogen) atoms. The summed E-state index contributed by atoms with van der Waals surface area (Å²) in [7, 11) is 0. The molecule has 0 unspecified atom stereocenters. The van der Waals surface area contributed by atoms with E-state index in [-0.39, 0.29) is 70.5 Å². The summed E-state index contributed by atoms with van der Waals surface area (Å²) in [6.07, 6.45) is -0.654. The molecular formula is C23H19BF3IKNO2. The first-order valence-corrected chi connectivity index (χ1v) is 10.9. The first kappa shape index (κ1) is 25.8. The summed E-state index contributed by atoms with van der Waals surface area (Å²) in [6.45, 7) is -3.24. The number of nitrogens with one attached hydrogen (secondary N) is 1. The minimum atomic E-state index is -5.11. The SMILES string of the molecule is Cc1c(I)cc([B-](F)(F)F)cc1CNC(=O)OCC1c2ccccc2-c2ccccc21.[K+]. The molecule has 1 N–H and O–H groups in total. The summed E-state index contributed by atoms with van der Waals surface area (Å²) in [5.74, 6) is -0.0721. The molecule has 0 aromatic heterocycles. The normalized spacial score (nSPS) is 12.5. The van der Waals surface area contributed by atoms with Crippen molar-refractivity contribution in [3.8, 4) is 11.1 Å². The average molecular weight is 575 g/mol.